The fraction of sp³-hybridized carbons (Fsp3) is 0.273. The van der Waals surface area contributed by atoms with Gasteiger partial charge in [-0.25, -0.2) is 17.6 Å². The quantitative estimate of drug-likeness (QED) is 0.101. The summed E-state index contributed by atoms with van der Waals surface area (Å²) in [5.41, 5.74) is 4.23. The second-order valence-electron chi connectivity index (χ2n) is 15.6. The van der Waals surface area contributed by atoms with Crippen LogP contribution in [0.25, 0.3) is 31.7 Å². The van der Waals surface area contributed by atoms with Crippen LogP contribution in [0, 0.1) is 23.3 Å². The van der Waals surface area contributed by atoms with E-state index in [1.807, 2.05) is 0 Å². The molecule has 6 aliphatic carbocycles. The molecule has 0 amide bonds. The second kappa shape index (κ2) is 11.5. The molecular formula is C44H28F4O4S3. The van der Waals surface area contributed by atoms with Gasteiger partial charge in [0.15, 0.2) is 46.4 Å². The van der Waals surface area contributed by atoms with Gasteiger partial charge < -0.3 is 0 Å². The molecule has 0 atom stereocenters. The Balaban J connectivity index is 1.05. The number of allylic oxidation sites excluding steroid dienone is 2. The smallest absolute Gasteiger partial charge is 0.197 e. The van der Waals surface area contributed by atoms with Gasteiger partial charge in [0.25, 0.3) is 0 Å². The Bertz CT molecular complexity index is 2470. The highest BCUT2D eigenvalue weighted by molar-refractivity contribution is 7.27. The van der Waals surface area contributed by atoms with Crippen molar-refractivity contribution >= 4 is 69.3 Å². The van der Waals surface area contributed by atoms with Gasteiger partial charge in [-0.3, -0.25) is 19.2 Å². The van der Waals surface area contributed by atoms with E-state index in [1.54, 1.807) is 46.2 Å². The fourth-order valence-corrected chi connectivity index (χ4v) is 14.7. The lowest BCUT2D eigenvalue weighted by Gasteiger charge is -2.41. The first kappa shape index (κ1) is 33.7. The summed E-state index contributed by atoms with van der Waals surface area (Å²) in [6, 6.07) is 7.50. The van der Waals surface area contributed by atoms with Gasteiger partial charge >= 0.3 is 0 Å². The fourth-order valence-electron chi connectivity index (χ4n) is 10.5. The standard InChI is InChI=1S/C44H28F4O4S3/c45-29-15-21-22(16-30(29)46)36(50)25(35(21)49)11-19-13-27-39(53-19)41-33(43(27)7-3-1-4-8-43)34-42(55-41)40-28(44(34)9-5-2-6-10-44)14-20(54-40)12-26-37(51)23-17-31(47)32(48)18-24(23)38(26)52/h11-18H,1-10H2. The first-order chi connectivity index (χ1) is 26.5. The van der Waals surface area contributed by atoms with Crippen molar-refractivity contribution in [2.24, 2.45) is 0 Å². The molecule has 2 aromatic carbocycles. The Morgan fingerprint density at radius 3 is 1.09 bits per heavy atom. The number of carbonyl (C=O) groups is 4. The summed E-state index contributed by atoms with van der Waals surface area (Å²) in [6.07, 6.45) is 13.7. The summed E-state index contributed by atoms with van der Waals surface area (Å²) in [6.45, 7) is 0. The Hall–Kier alpha value is -4.58. The van der Waals surface area contributed by atoms with Crippen LogP contribution in [0.1, 0.15) is 138 Å². The van der Waals surface area contributed by atoms with Gasteiger partial charge in [-0.2, -0.15) is 0 Å². The average molecular weight is 793 g/mol. The van der Waals surface area contributed by atoms with Gasteiger partial charge in [0, 0.05) is 62.3 Å². The van der Waals surface area contributed by atoms with Crippen molar-refractivity contribution in [3.8, 4) is 19.5 Å². The zero-order valence-corrected chi connectivity index (χ0v) is 31.5. The molecule has 2 saturated carbocycles. The van der Waals surface area contributed by atoms with E-state index in [0.717, 1.165) is 108 Å². The number of rotatable bonds is 2. The van der Waals surface area contributed by atoms with Gasteiger partial charge in [-0.15, -0.1) is 34.0 Å². The van der Waals surface area contributed by atoms with Crippen molar-refractivity contribution in [3.05, 3.63) is 125 Å². The van der Waals surface area contributed by atoms with E-state index >= 15 is 0 Å². The van der Waals surface area contributed by atoms with E-state index in [4.69, 9.17) is 0 Å². The van der Waals surface area contributed by atoms with E-state index in [9.17, 15) is 36.7 Å². The molecule has 5 aromatic rings. The zero-order chi connectivity index (χ0) is 37.7. The molecule has 2 spiro atoms. The summed E-state index contributed by atoms with van der Waals surface area (Å²) >= 11 is 4.88. The number of carbonyl (C=O) groups excluding carboxylic acids is 4. The molecule has 0 bridgehead atoms. The van der Waals surface area contributed by atoms with E-state index < -0.39 is 46.4 Å². The maximum atomic E-state index is 14.1. The minimum atomic E-state index is -1.17. The van der Waals surface area contributed by atoms with Crippen molar-refractivity contribution in [1.29, 1.82) is 0 Å². The zero-order valence-electron chi connectivity index (χ0n) is 29.1. The van der Waals surface area contributed by atoms with Gasteiger partial charge in [-0.1, -0.05) is 38.5 Å². The summed E-state index contributed by atoms with van der Waals surface area (Å²) in [5, 5.41) is 0. The molecule has 6 aliphatic rings. The highest BCUT2D eigenvalue weighted by Crippen LogP contribution is 2.70. The minimum Gasteiger partial charge on any atom is -0.288 e. The van der Waals surface area contributed by atoms with E-state index in [2.05, 4.69) is 12.1 Å². The topological polar surface area (TPSA) is 68.3 Å². The van der Waals surface area contributed by atoms with Crippen LogP contribution in [-0.2, 0) is 10.8 Å². The summed E-state index contributed by atoms with van der Waals surface area (Å²) in [4.78, 5) is 59.5. The lowest BCUT2D eigenvalue weighted by atomic mass is 9.61. The number of fused-ring (bicyclic) bond motifs is 13. The van der Waals surface area contributed by atoms with E-state index in [-0.39, 0.29) is 44.2 Å². The molecule has 0 saturated heterocycles. The third-order valence-corrected chi connectivity index (χ3v) is 16.6. The van der Waals surface area contributed by atoms with Gasteiger partial charge in [0.05, 0.1) is 11.1 Å². The van der Waals surface area contributed by atoms with Gasteiger partial charge in [0.2, 0.25) is 0 Å². The van der Waals surface area contributed by atoms with Crippen molar-refractivity contribution in [2.75, 3.05) is 0 Å². The number of Topliss-reactive ketones (excluding diaryl/α,β-unsaturated/α-hetero) is 4. The molecule has 4 nitrogen and oxygen atoms in total. The number of halogens is 4. The van der Waals surface area contributed by atoms with Gasteiger partial charge in [0.1, 0.15) is 0 Å². The molecule has 0 aliphatic heterocycles. The van der Waals surface area contributed by atoms with Crippen LogP contribution in [0.15, 0.2) is 47.5 Å². The summed E-state index contributed by atoms with van der Waals surface area (Å²) in [5.74, 6) is -7.07. The van der Waals surface area contributed by atoms with Crippen LogP contribution in [0.4, 0.5) is 17.6 Å². The Labute approximate surface area is 324 Å². The number of hydrogen-bond donors (Lipinski definition) is 0. The highest BCUT2D eigenvalue weighted by Gasteiger charge is 2.56. The monoisotopic (exact) mass is 792 g/mol. The largest absolute Gasteiger partial charge is 0.288 e. The summed E-state index contributed by atoms with van der Waals surface area (Å²) < 4.78 is 56.3. The van der Waals surface area contributed by atoms with Crippen molar-refractivity contribution in [1.82, 2.24) is 0 Å². The average Bonchev–Trinajstić information content (AvgIpc) is 4.03. The first-order valence-electron chi connectivity index (χ1n) is 18.6. The van der Waals surface area contributed by atoms with Crippen molar-refractivity contribution < 1.29 is 36.7 Å². The summed E-state index contributed by atoms with van der Waals surface area (Å²) in [7, 11) is 0. The van der Waals surface area contributed by atoms with E-state index in [0.29, 0.717) is 0 Å². The molecule has 0 unspecified atom stereocenters. The molecule has 2 fully saturated rings. The highest BCUT2D eigenvalue weighted by atomic mass is 32.1. The normalized spacial score (nSPS) is 19.6. The molecule has 274 valence electrons. The molecule has 0 N–H and O–H groups in total. The molecule has 55 heavy (non-hydrogen) atoms. The lowest BCUT2D eigenvalue weighted by molar-refractivity contribution is 0.0975. The third-order valence-electron chi connectivity index (χ3n) is 12.9. The SMILES string of the molecule is O=C1C(=Cc2cc3c(s2)-c2sc4c(c2C32CCCCC2)C2(CCCCC2)c2cc(C=C3C(=O)c5cc(F)c(F)cc5C3=O)sc2-4)C(=O)c2cc(F)c(F)cc21. The first-order valence-corrected chi connectivity index (χ1v) is 21.0. The predicted octanol–water partition coefficient (Wildman–Crippen LogP) is 11.8. The molecular weight excluding hydrogens is 765 g/mol. The molecule has 11 heteroatoms. The Morgan fingerprint density at radius 1 is 0.436 bits per heavy atom. The second-order valence-corrected chi connectivity index (χ2v) is 18.8. The van der Waals surface area contributed by atoms with Crippen LogP contribution >= 0.6 is 34.0 Å². The van der Waals surface area contributed by atoms with Crippen LogP contribution < -0.4 is 0 Å². The molecule has 3 heterocycles. The molecule has 3 aromatic heterocycles. The van der Waals surface area contributed by atoms with E-state index in [1.165, 1.54) is 32.0 Å². The minimum absolute atomic E-state index is 0.0878. The number of benzene rings is 2. The Morgan fingerprint density at radius 2 is 0.764 bits per heavy atom. The number of ketones is 4. The van der Waals surface area contributed by atoms with Crippen LogP contribution in [0.3, 0.4) is 0 Å². The van der Waals surface area contributed by atoms with Crippen LogP contribution in [-0.4, -0.2) is 23.1 Å². The van der Waals surface area contributed by atoms with Gasteiger partial charge in [-0.05, 0) is 96.5 Å². The maximum absolute atomic E-state index is 14.1. The Kier molecular flexibility index (Phi) is 7.05. The maximum Gasteiger partial charge on any atom is 0.197 e. The number of hydrogen-bond acceptors (Lipinski definition) is 7. The lowest BCUT2D eigenvalue weighted by Crippen LogP contribution is -2.34. The van der Waals surface area contributed by atoms with Crippen molar-refractivity contribution in [2.45, 2.75) is 75.0 Å². The van der Waals surface area contributed by atoms with Crippen LogP contribution in [0.2, 0.25) is 0 Å². The van der Waals surface area contributed by atoms with Crippen LogP contribution in [0.5, 0.6) is 0 Å². The van der Waals surface area contributed by atoms with Crippen molar-refractivity contribution in [3.63, 3.8) is 0 Å². The number of thiophene rings is 3. The molecule has 0 radical (unpaired) electrons. The predicted molar refractivity (Wildman–Crippen MR) is 205 cm³/mol. The molecule has 11 rings (SSSR count). The third kappa shape index (κ3) is 4.37.